The fraction of sp³-hybridized carbons (Fsp3) is 0.857. The molecule has 4 rings (SSSR count). The van der Waals surface area contributed by atoms with E-state index in [0.29, 0.717) is 23.7 Å². The Kier molecular flexibility index (Phi) is 4.08. The van der Waals surface area contributed by atoms with Crippen LogP contribution in [0.25, 0.3) is 0 Å². The second kappa shape index (κ2) is 5.82. The van der Waals surface area contributed by atoms with Crippen LogP contribution in [0.15, 0.2) is 12.2 Å². The number of amides is 1. The zero-order valence-electron chi connectivity index (χ0n) is 15.8. The van der Waals surface area contributed by atoms with Crippen molar-refractivity contribution in [2.45, 2.75) is 64.5 Å². The summed E-state index contributed by atoms with van der Waals surface area (Å²) >= 11 is 0. The Hall–Kier alpha value is -0.870. The number of carbonyl (C=O) groups is 1. The van der Waals surface area contributed by atoms with E-state index in [1.165, 1.54) is 0 Å². The number of fused-ring (bicyclic) bond motifs is 5. The van der Waals surface area contributed by atoms with Gasteiger partial charge in [-0.15, -0.1) is 0 Å². The molecule has 4 aliphatic rings. The highest BCUT2D eigenvalue weighted by Gasteiger charge is 2.62. The van der Waals surface area contributed by atoms with Crippen LogP contribution in [-0.2, 0) is 4.79 Å². The van der Waals surface area contributed by atoms with Gasteiger partial charge < -0.3 is 15.1 Å². The molecule has 0 aromatic rings. The van der Waals surface area contributed by atoms with E-state index in [4.69, 9.17) is 0 Å². The van der Waals surface area contributed by atoms with Crippen molar-refractivity contribution >= 4 is 5.91 Å². The van der Waals surface area contributed by atoms with Crippen molar-refractivity contribution in [3.8, 4) is 0 Å². The highest BCUT2D eigenvalue weighted by Crippen LogP contribution is 2.65. The Labute approximate surface area is 151 Å². The summed E-state index contributed by atoms with van der Waals surface area (Å²) < 4.78 is 0. The zero-order chi connectivity index (χ0) is 18.0. The minimum Gasteiger partial charge on any atom is -0.396 e. The van der Waals surface area contributed by atoms with E-state index in [1.807, 2.05) is 11.9 Å². The van der Waals surface area contributed by atoms with E-state index in [0.717, 1.165) is 38.5 Å². The molecule has 0 spiro atoms. The molecule has 1 aliphatic heterocycles. The number of likely N-dealkylation sites (N-methyl/N-ethyl adjacent to an activating group) is 1. The number of nitrogens with zero attached hydrogens (tertiary/aromatic N) is 1. The van der Waals surface area contributed by atoms with Gasteiger partial charge in [-0.1, -0.05) is 19.9 Å². The summed E-state index contributed by atoms with van der Waals surface area (Å²) in [6.45, 7) is 4.82. The highest BCUT2D eigenvalue weighted by atomic mass is 16.3. The second-order valence-electron chi connectivity index (χ2n) is 9.62. The number of hydrogen-bond acceptors (Lipinski definition) is 3. The zero-order valence-corrected chi connectivity index (χ0v) is 15.8. The molecule has 8 atom stereocenters. The normalized spacial score (nSPS) is 51.9. The molecule has 3 unspecified atom stereocenters. The SMILES string of the molecule is CN1C(=O)C=C[C@@]2(C)C1C(CCO)C[C@@H]1[C@H]2CC[C@]2(C)C(O)CC[C@@H]12. The maximum atomic E-state index is 12.3. The van der Waals surface area contributed by atoms with Crippen molar-refractivity contribution in [2.24, 2.45) is 34.5 Å². The van der Waals surface area contributed by atoms with Gasteiger partial charge in [-0.05, 0) is 73.7 Å². The van der Waals surface area contributed by atoms with Gasteiger partial charge in [0.05, 0.1) is 6.10 Å². The molecule has 4 heteroatoms. The molecule has 4 nitrogen and oxygen atoms in total. The number of aliphatic hydroxyl groups is 2. The lowest BCUT2D eigenvalue weighted by molar-refractivity contribution is -0.149. The third-order valence-corrected chi connectivity index (χ3v) is 8.69. The third kappa shape index (κ3) is 2.29. The van der Waals surface area contributed by atoms with Crippen LogP contribution < -0.4 is 0 Å². The van der Waals surface area contributed by atoms with E-state index in [1.54, 1.807) is 6.08 Å². The van der Waals surface area contributed by atoms with Crippen LogP contribution in [-0.4, -0.2) is 46.8 Å². The van der Waals surface area contributed by atoms with Gasteiger partial charge in [0.15, 0.2) is 0 Å². The molecule has 25 heavy (non-hydrogen) atoms. The maximum Gasteiger partial charge on any atom is 0.246 e. The van der Waals surface area contributed by atoms with Gasteiger partial charge >= 0.3 is 0 Å². The molecule has 0 aromatic heterocycles. The third-order valence-electron chi connectivity index (χ3n) is 8.69. The number of carbonyl (C=O) groups excluding carboxylic acids is 1. The minimum absolute atomic E-state index is 0.0136. The van der Waals surface area contributed by atoms with Crippen molar-refractivity contribution in [1.29, 1.82) is 0 Å². The van der Waals surface area contributed by atoms with Crippen molar-refractivity contribution in [3.05, 3.63) is 12.2 Å². The molecule has 0 bridgehead atoms. The Morgan fingerprint density at radius 3 is 2.72 bits per heavy atom. The molecule has 3 fully saturated rings. The lowest BCUT2D eigenvalue weighted by Gasteiger charge is -2.62. The Bertz CT molecular complexity index is 590. The summed E-state index contributed by atoms with van der Waals surface area (Å²) in [4.78, 5) is 14.3. The molecule has 0 aromatic carbocycles. The highest BCUT2D eigenvalue weighted by molar-refractivity contribution is 5.89. The van der Waals surface area contributed by atoms with Gasteiger partial charge in [-0.3, -0.25) is 4.79 Å². The lowest BCUT2D eigenvalue weighted by atomic mass is 9.46. The summed E-state index contributed by atoms with van der Waals surface area (Å²) in [5.74, 6) is 2.19. The molecule has 140 valence electrons. The van der Waals surface area contributed by atoms with Gasteiger partial charge in [0.2, 0.25) is 5.91 Å². The summed E-state index contributed by atoms with van der Waals surface area (Å²) in [5.41, 5.74) is 0.0501. The van der Waals surface area contributed by atoms with E-state index in [2.05, 4.69) is 19.9 Å². The van der Waals surface area contributed by atoms with Crippen molar-refractivity contribution in [2.75, 3.05) is 13.7 Å². The molecule has 3 aliphatic carbocycles. The van der Waals surface area contributed by atoms with Crippen molar-refractivity contribution in [3.63, 3.8) is 0 Å². The summed E-state index contributed by atoms with van der Waals surface area (Å²) in [7, 11) is 1.94. The maximum absolute atomic E-state index is 12.3. The first-order valence-corrected chi connectivity index (χ1v) is 10.1. The Morgan fingerprint density at radius 2 is 2.00 bits per heavy atom. The van der Waals surface area contributed by atoms with Gasteiger partial charge in [-0.2, -0.15) is 0 Å². The van der Waals surface area contributed by atoms with Crippen molar-refractivity contribution < 1.29 is 15.0 Å². The van der Waals surface area contributed by atoms with Crippen LogP contribution in [0.3, 0.4) is 0 Å². The summed E-state index contributed by atoms with van der Waals surface area (Å²) in [6.07, 6.45) is 9.95. The van der Waals surface area contributed by atoms with Crippen LogP contribution in [0.5, 0.6) is 0 Å². The van der Waals surface area contributed by atoms with Crippen LogP contribution in [0.4, 0.5) is 0 Å². The van der Waals surface area contributed by atoms with Crippen LogP contribution >= 0.6 is 0 Å². The fourth-order valence-electron chi connectivity index (χ4n) is 7.47. The fourth-order valence-corrected chi connectivity index (χ4v) is 7.47. The topological polar surface area (TPSA) is 60.8 Å². The second-order valence-corrected chi connectivity index (χ2v) is 9.62. The van der Waals surface area contributed by atoms with E-state index < -0.39 is 0 Å². The first-order chi connectivity index (χ1) is 11.8. The predicted octanol–water partition coefficient (Wildman–Crippen LogP) is 2.60. The van der Waals surface area contributed by atoms with Gasteiger partial charge in [0, 0.05) is 25.1 Å². The van der Waals surface area contributed by atoms with E-state index >= 15 is 0 Å². The quantitative estimate of drug-likeness (QED) is 0.807. The average molecular weight is 347 g/mol. The number of aliphatic hydroxyl groups excluding tert-OH is 2. The summed E-state index contributed by atoms with van der Waals surface area (Å²) in [5, 5.41) is 20.3. The lowest BCUT2D eigenvalue weighted by Crippen LogP contribution is -2.63. The Balaban J connectivity index is 1.74. The van der Waals surface area contributed by atoms with Crippen LogP contribution in [0.2, 0.25) is 0 Å². The molecule has 1 heterocycles. The van der Waals surface area contributed by atoms with Gasteiger partial charge in [0.1, 0.15) is 0 Å². The molecular weight excluding hydrogens is 314 g/mol. The first-order valence-electron chi connectivity index (χ1n) is 10.1. The largest absolute Gasteiger partial charge is 0.396 e. The number of hydrogen-bond donors (Lipinski definition) is 2. The Morgan fingerprint density at radius 1 is 1.24 bits per heavy atom. The molecule has 1 amide bonds. The van der Waals surface area contributed by atoms with E-state index in [-0.39, 0.29) is 35.5 Å². The molecule has 2 N–H and O–H groups in total. The molecule has 0 saturated heterocycles. The van der Waals surface area contributed by atoms with Crippen LogP contribution in [0, 0.1) is 34.5 Å². The van der Waals surface area contributed by atoms with Crippen LogP contribution in [0.1, 0.15) is 52.4 Å². The molecular formula is C21H33NO3. The summed E-state index contributed by atoms with van der Waals surface area (Å²) in [6, 6.07) is 0.189. The average Bonchev–Trinajstić information content (AvgIpc) is 2.87. The smallest absolute Gasteiger partial charge is 0.246 e. The minimum atomic E-state index is -0.161. The first kappa shape index (κ1) is 17.5. The van der Waals surface area contributed by atoms with E-state index in [9.17, 15) is 15.0 Å². The van der Waals surface area contributed by atoms with Crippen molar-refractivity contribution in [1.82, 2.24) is 4.90 Å². The monoisotopic (exact) mass is 347 g/mol. The van der Waals surface area contributed by atoms with Gasteiger partial charge in [-0.25, -0.2) is 0 Å². The van der Waals surface area contributed by atoms with Gasteiger partial charge in [0.25, 0.3) is 0 Å². The molecule has 3 saturated carbocycles. The number of rotatable bonds is 2. The molecule has 0 radical (unpaired) electrons. The standard InChI is InChI=1S/C21H33NO3/c1-20-9-6-16-14(15(20)4-5-17(20)24)12-13(8-11-23)19-21(16,2)10-7-18(25)22(19)3/h7,10,13-17,19,23-24H,4-6,8-9,11-12H2,1-3H3/t13?,14-,15-,16+,17?,19?,20-,21+/m0/s1. The predicted molar refractivity (Wildman–Crippen MR) is 96.7 cm³/mol.